The zero-order chi connectivity index (χ0) is 6.57. The van der Waals surface area contributed by atoms with Crippen LogP contribution in [0.15, 0.2) is 9.81 Å². The molecular formula is C4H4N2Na2S2. The number of hydrogen-bond acceptors (Lipinski definition) is 4. The summed E-state index contributed by atoms with van der Waals surface area (Å²) in [6.07, 6.45) is 0. The van der Waals surface area contributed by atoms with Crippen LogP contribution in [0.25, 0.3) is 0 Å². The molecule has 0 aliphatic heterocycles. The average molecular weight is 190 g/mol. The number of rotatable bonds is 0. The molecule has 6 heteroatoms. The Morgan fingerprint density at radius 2 is 1.20 bits per heavy atom. The van der Waals surface area contributed by atoms with E-state index < -0.39 is 0 Å². The van der Waals surface area contributed by atoms with E-state index in [0.29, 0.717) is 0 Å². The Bertz CT molecular complexity index is 186. The van der Waals surface area contributed by atoms with Crippen molar-refractivity contribution in [3.8, 4) is 12.1 Å². The first-order valence-electron chi connectivity index (χ1n) is 1.64. The molecule has 0 N–H and O–H groups in total. The van der Waals surface area contributed by atoms with Crippen molar-refractivity contribution in [2.45, 2.75) is 0 Å². The topological polar surface area (TPSA) is 47.6 Å². The first-order chi connectivity index (χ1) is 3.72. The van der Waals surface area contributed by atoms with Gasteiger partial charge < -0.3 is 2.85 Å². The van der Waals surface area contributed by atoms with Gasteiger partial charge in [0.1, 0.15) is 21.9 Å². The predicted octanol–water partition coefficient (Wildman–Crippen LogP) is -4.66. The molecule has 0 aromatic rings. The quantitative estimate of drug-likeness (QED) is 0.229. The normalized spacial score (nSPS) is 8.80. The summed E-state index contributed by atoms with van der Waals surface area (Å²) >= 11 is 7.25. The Labute approximate surface area is 118 Å². The molecule has 0 bridgehead atoms. The number of nitriles is 2. The van der Waals surface area contributed by atoms with Gasteiger partial charge in [-0.3, -0.25) is 0 Å². The molecule has 44 valence electrons. The number of thiol groups is 2. The van der Waals surface area contributed by atoms with E-state index in [2.05, 4.69) is 25.3 Å². The van der Waals surface area contributed by atoms with Gasteiger partial charge in [-0.15, -0.1) is 25.3 Å². The van der Waals surface area contributed by atoms with Gasteiger partial charge >= 0.3 is 59.1 Å². The van der Waals surface area contributed by atoms with Crippen LogP contribution in [0.3, 0.4) is 0 Å². The van der Waals surface area contributed by atoms with Gasteiger partial charge in [-0.25, -0.2) is 0 Å². The fraction of sp³-hybridized carbons (Fsp3) is 0. The third-order valence-corrected chi connectivity index (χ3v) is 1.26. The Hall–Kier alpha value is 1.42. The van der Waals surface area contributed by atoms with Crippen LogP contribution in [0.5, 0.6) is 0 Å². The van der Waals surface area contributed by atoms with Crippen molar-refractivity contribution in [2.75, 3.05) is 0 Å². The van der Waals surface area contributed by atoms with Crippen LogP contribution >= 0.6 is 25.3 Å². The first-order valence-corrected chi connectivity index (χ1v) is 2.54. The summed E-state index contributed by atoms with van der Waals surface area (Å²) in [6.45, 7) is 0. The van der Waals surface area contributed by atoms with E-state index in [0.717, 1.165) is 0 Å². The average Bonchev–Trinajstić information content (AvgIpc) is 1.84. The molecule has 0 saturated carbocycles. The first kappa shape index (κ1) is 17.5. The van der Waals surface area contributed by atoms with Gasteiger partial charge in [0.15, 0.2) is 0 Å². The molecule has 0 aliphatic rings. The molecule has 10 heavy (non-hydrogen) atoms. The summed E-state index contributed by atoms with van der Waals surface area (Å²) in [5.41, 5.74) is 0. The molecule has 0 heterocycles. The summed E-state index contributed by atoms with van der Waals surface area (Å²) in [6, 6.07) is 3.32. The second kappa shape index (κ2) is 10.4. The SMILES string of the molecule is N#C/C(S)=C(\S)C#N.[H-].[H-].[Na+].[Na+]. The largest absolute Gasteiger partial charge is 1.00 e. The maximum Gasteiger partial charge on any atom is 1.00 e. The van der Waals surface area contributed by atoms with E-state index in [1.54, 1.807) is 12.1 Å². The predicted molar refractivity (Wildman–Crippen MR) is 38.4 cm³/mol. The summed E-state index contributed by atoms with van der Waals surface area (Å²) < 4.78 is 0. The van der Waals surface area contributed by atoms with Crippen LogP contribution in [0.4, 0.5) is 0 Å². The third kappa shape index (κ3) is 7.53. The minimum atomic E-state index is 0. The molecule has 0 aromatic heterocycles. The smallest absolute Gasteiger partial charge is 1.00 e. The van der Waals surface area contributed by atoms with Gasteiger partial charge in [0.25, 0.3) is 0 Å². The van der Waals surface area contributed by atoms with E-state index in [1.165, 1.54) is 0 Å². The van der Waals surface area contributed by atoms with Crippen LogP contribution in [-0.2, 0) is 0 Å². The van der Waals surface area contributed by atoms with Crippen molar-refractivity contribution < 1.29 is 62.0 Å². The molecule has 0 amide bonds. The summed E-state index contributed by atoms with van der Waals surface area (Å²) in [5, 5.41) is 16.1. The zero-order valence-electron chi connectivity index (χ0n) is 7.79. The van der Waals surface area contributed by atoms with Gasteiger partial charge in [0.05, 0.1) is 0 Å². The van der Waals surface area contributed by atoms with Crippen molar-refractivity contribution >= 4 is 25.3 Å². The van der Waals surface area contributed by atoms with E-state index in [4.69, 9.17) is 10.5 Å². The van der Waals surface area contributed by atoms with Gasteiger partial charge in [0, 0.05) is 0 Å². The van der Waals surface area contributed by atoms with Crippen LogP contribution in [0, 0.1) is 22.7 Å². The van der Waals surface area contributed by atoms with E-state index in [1.807, 2.05) is 0 Å². The standard InChI is InChI=1S/C4H2N2S2.2Na.2H/c5-1-3(7)4(8)2-6;;;;/h7-8H;;;;/q;2*+1;2*-1/b4-3+;;;;. The van der Waals surface area contributed by atoms with E-state index in [9.17, 15) is 0 Å². The number of nitrogens with zero attached hydrogens (tertiary/aromatic N) is 2. The van der Waals surface area contributed by atoms with Gasteiger partial charge in [-0.05, 0) is 0 Å². The Kier molecular flexibility index (Phi) is 18.2. The number of allylic oxidation sites excluding steroid dienone is 2. The Morgan fingerprint density at radius 3 is 1.30 bits per heavy atom. The molecule has 0 rings (SSSR count). The van der Waals surface area contributed by atoms with Crippen molar-refractivity contribution in [2.24, 2.45) is 0 Å². The zero-order valence-corrected chi connectivity index (χ0v) is 11.6. The molecule has 0 radical (unpaired) electrons. The maximum absolute atomic E-state index is 8.05. The van der Waals surface area contributed by atoms with Gasteiger partial charge in [-0.1, -0.05) is 0 Å². The van der Waals surface area contributed by atoms with Crippen molar-refractivity contribution in [3.63, 3.8) is 0 Å². The van der Waals surface area contributed by atoms with Crippen LogP contribution in [-0.4, -0.2) is 0 Å². The molecule has 0 spiro atoms. The second-order valence-electron chi connectivity index (χ2n) is 0.921. The fourth-order valence-electron chi connectivity index (χ4n) is 0.106. The van der Waals surface area contributed by atoms with E-state index in [-0.39, 0.29) is 71.8 Å². The monoisotopic (exact) mass is 190 g/mol. The maximum atomic E-state index is 8.05. The molecule has 0 atom stereocenters. The summed E-state index contributed by atoms with van der Waals surface area (Å²) in [7, 11) is 0. The molecule has 2 nitrogen and oxygen atoms in total. The minimum Gasteiger partial charge on any atom is -1.00 e. The van der Waals surface area contributed by atoms with Crippen LogP contribution < -0.4 is 59.1 Å². The molecule has 0 unspecified atom stereocenters. The fourth-order valence-corrected chi connectivity index (χ4v) is 0.206. The Morgan fingerprint density at radius 1 is 1.00 bits per heavy atom. The van der Waals surface area contributed by atoms with E-state index >= 15 is 0 Å². The van der Waals surface area contributed by atoms with Crippen molar-refractivity contribution in [1.82, 2.24) is 0 Å². The summed E-state index contributed by atoms with van der Waals surface area (Å²) in [4.78, 5) is 0.103. The summed E-state index contributed by atoms with van der Waals surface area (Å²) in [5.74, 6) is 0. The minimum absolute atomic E-state index is 0. The van der Waals surface area contributed by atoms with Crippen molar-refractivity contribution in [3.05, 3.63) is 9.81 Å². The van der Waals surface area contributed by atoms with Crippen LogP contribution in [0.2, 0.25) is 0 Å². The van der Waals surface area contributed by atoms with Crippen LogP contribution in [0.1, 0.15) is 2.85 Å². The van der Waals surface area contributed by atoms with Gasteiger partial charge in [0.2, 0.25) is 0 Å². The van der Waals surface area contributed by atoms with Gasteiger partial charge in [-0.2, -0.15) is 10.5 Å². The molecule has 0 fully saturated rings. The second-order valence-corrected chi connectivity index (χ2v) is 1.82. The molecular weight excluding hydrogens is 186 g/mol. The third-order valence-electron chi connectivity index (χ3n) is 0.436. The van der Waals surface area contributed by atoms with Crippen molar-refractivity contribution in [1.29, 1.82) is 10.5 Å². The number of hydrogen-bond donors (Lipinski definition) is 2. The Balaban J connectivity index is -0.0000000408. The molecule has 0 saturated heterocycles. The molecule has 0 aromatic carbocycles. The molecule has 0 aliphatic carbocycles.